The van der Waals surface area contributed by atoms with E-state index in [1.165, 1.54) is 0 Å². The third kappa shape index (κ3) is 3.74. The van der Waals surface area contributed by atoms with Crippen molar-refractivity contribution in [2.75, 3.05) is 26.2 Å². The molecule has 3 nitrogen and oxygen atoms in total. The first-order valence-electron chi connectivity index (χ1n) is 5.82. The summed E-state index contributed by atoms with van der Waals surface area (Å²) in [4.78, 5) is 2.24. The quantitative estimate of drug-likeness (QED) is 0.771. The zero-order chi connectivity index (χ0) is 11.7. The van der Waals surface area contributed by atoms with Crippen molar-refractivity contribution >= 4 is 0 Å². The molecule has 0 atom stereocenters. The number of rotatable bonds is 4. The van der Waals surface area contributed by atoms with Crippen molar-refractivity contribution in [2.24, 2.45) is 5.92 Å². The second-order valence-corrected chi connectivity index (χ2v) is 5.93. The number of ether oxygens (including phenoxy) is 1. The highest BCUT2D eigenvalue weighted by molar-refractivity contribution is 4.97. The van der Waals surface area contributed by atoms with Gasteiger partial charge in [-0.25, -0.2) is 0 Å². The van der Waals surface area contributed by atoms with Crippen molar-refractivity contribution in [3.63, 3.8) is 0 Å². The molecule has 1 N–H and O–H groups in total. The monoisotopic (exact) mass is 215 g/mol. The Morgan fingerprint density at radius 1 is 1.33 bits per heavy atom. The van der Waals surface area contributed by atoms with Crippen molar-refractivity contribution < 1.29 is 9.84 Å². The third-order valence-electron chi connectivity index (χ3n) is 3.01. The SMILES string of the molecule is CC(C)C1(O)CN(CCOC(C)(C)C)C1. The zero-order valence-corrected chi connectivity index (χ0v) is 10.7. The standard InChI is InChI=1S/C12H25NO2/c1-10(2)12(14)8-13(9-12)6-7-15-11(3,4)5/h10,14H,6-9H2,1-5H3. The minimum atomic E-state index is -0.457. The number of aliphatic hydroxyl groups is 1. The molecule has 0 aliphatic carbocycles. The van der Waals surface area contributed by atoms with Crippen LogP contribution in [-0.2, 0) is 4.74 Å². The Morgan fingerprint density at radius 3 is 2.27 bits per heavy atom. The van der Waals surface area contributed by atoms with Crippen LogP contribution < -0.4 is 0 Å². The second-order valence-electron chi connectivity index (χ2n) is 5.93. The fraction of sp³-hybridized carbons (Fsp3) is 1.00. The molecule has 1 heterocycles. The molecule has 0 bridgehead atoms. The van der Waals surface area contributed by atoms with Gasteiger partial charge in [-0.3, -0.25) is 4.90 Å². The molecule has 1 rings (SSSR count). The highest BCUT2D eigenvalue weighted by atomic mass is 16.5. The molecule has 0 spiro atoms. The second kappa shape index (κ2) is 4.40. The molecule has 1 saturated heterocycles. The molecule has 0 saturated carbocycles. The number of likely N-dealkylation sites (tertiary alicyclic amines) is 1. The lowest BCUT2D eigenvalue weighted by atomic mass is 9.83. The van der Waals surface area contributed by atoms with E-state index in [1.807, 2.05) is 0 Å². The van der Waals surface area contributed by atoms with Gasteiger partial charge in [0.15, 0.2) is 0 Å². The van der Waals surface area contributed by atoms with Gasteiger partial charge >= 0.3 is 0 Å². The van der Waals surface area contributed by atoms with Gasteiger partial charge in [-0.15, -0.1) is 0 Å². The van der Waals surface area contributed by atoms with Gasteiger partial charge in [0.2, 0.25) is 0 Å². The Labute approximate surface area is 93.4 Å². The Hall–Kier alpha value is -0.120. The number of nitrogens with zero attached hydrogens (tertiary/aromatic N) is 1. The molecule has 90 valence electrons. The van der Waals surface area contributed by atoms with Crippen LogP contribution in [0.3, 0.4) is 0 Å². The van der Waals surface area contributed by atoms with Crippen LogP contribution in [0.15, 0.2) is 0 Å². The van der Waals surface area contributed by atoms with Crippen LogP contribution in [0.1, 0.15) is 34.6 Å². The highest BCUT2D eigenvalue weighted by Gasteiger charge is 2.43. The van der Waals surface area contributed by atoms with E-state index in [-0.39, 0.29) is 5.60 Å². The fourth-order valence-corrected chi connectivity index (χ4v) is 1.73. The molecular formula is C12H25NO2. The average molecular weight is 215 g/mol. The van der Waals surface area contributed by atoms with Gasteiger partial charge in [-0.05, 0) is 26.7 Å². The predicted molar refractivity (Wildman–Crippen MR) is 61.9 cm³/mol. The van der Waals surface area contributed by atoms with Gasteiger partial charge < -0.3 is 9.84 Å². The topological polar surface area (TPSA) is 32.7 Å². The van der Waals surface area contributed by atoms with Gasteiger partial charge in [0.1, 0.15) is 0 Å². The summed E-state index contributed by atoms with van der Waals surface area (Å²) in [6.45, 7) is 13.6. The molecule has 0 aromatic carbocycles. The van der Waals surface area contributed by atoms with Crippen LogP contribution in [0.2, 0.25) is 0 Å². The number of β-amino-alcohol motifs (C(OH)–C–C–N with tert-alkyl or cyclic N) is 1. The van der Waals surface area contributed by atoms with Gasteiger partial charge in [-0.1, -0.05) is 13.8 Å². The van der Waals surface area contributed by atoms with Crippen LogP contribution in [0.4, 0.5) is 0 Å². The summed E-state index contributed by atoms with van der Waals surface area (Å²) in [5.74, 6) is 0.345. The van der Waals surface area contributed by atoms with E-state index < -0.39 is 5.60 Å². The maximum atomic E-state index is 10.0. The van der Waals surface area contributed by atoms with E-state index >= 15 is 0 Å². The molecule has 0 unspecified atom stereocenters. The minimum absolute atomic E-state index is 0.0563. The van der Waals surface area contributed by atoms with E-state index in [0.717, 1.165) is 26.2 Å². The zero-order valence-electron chi connectivity index (χ0n) is 10.7. The average Bonchev–Trinajstić information content (AvgIpc) is 1.97. The summed E-state index contributed by atoms with van der Waals surface area (Å²) in [5.41, 5.74) is -0.513. The summed E-state index contributed by atoms with van der Waals surface area (Å²) in [5, 5.41) is 10.0. The van der Waals surface area contributed by atoms with Crippen LogP contribution in [-0.4, -0.2) is 47.4 Å². The molecule has 0 aromatic heterocycles. The largest absolute Gasteiger partial charge is 0.387 e. The lowest BCUT2D eigenvalue weighted by Gasteiger charge is -2.49. The van der Waals surface area contributed by atoms with Crippen molar-refractivity contribution in [3.8, 4) is 0 Å². The molecule has 1 fully saturated rings. The summed E-state index contributed by atoms with van der Waals surface area (Å²) in [7, 11) is 0. The Kier molecular flexibility index (Phi) is 3.80. The molecule has 1 aliphatic heterocycles. The van der Waals surface area contributed by atoms with Gasteiger partial charge in [0.05, 0.1) is 17.8 Å². The molecule has 1 aliphatic rings. The number of hydrogen-bond donors (Lipinski definition) is 1. The van der Waals surface area contributed by atoms with Gasteiger partial charge in [-0.2, -0.15) is 0 Å². The predicted octanol–water partition coefficient (Wildman–Crippen LogP) is 1.50. The lowest BCUT2D eigenvalue weighted by molar-refractivity contribution is -0.136. The molecule has 0 amide bonds. The van der Waals surface area contributed by atoms with Crippen molar-refractivity contribution in [3.05, 3.63) is 0 Å². The lowest BCUT2D eigenvalue weighted by Crippen LogP contribution is -2.64. The van der Waals surface area contributed by atoms with E-state index in [0.29, 0.717) is 5.92 Å². The van der Waals surface area contributed by atoms with E-state index in [2.05, 4.69) is 39.5 Å². The Balaban J connectivity index is 2.13. The van der Waals surface area contributed by atoms with Crippen molar-refractivity contribution in [2.45, 2.75) is 45.8 Å². The van der Waals surface area contributed by atoms with Crippen LogP contribution >= 0.6 is 0 Å². The summed E-state index contributed by atoms with van der Waals surface area (Å²) >= 11 is 0. The Bertz CT molecular complexity index is 202. The maximum Gasteiger partial charge on any atom is 0.0922 e. The normalized spacial score (nSPS) is 21.8. The first-order chi connectivity index (χ1) is 6.73. The van der Waals surface area contributed by atoms with E-state index in [9.17, 15) is 5.11 Å². The highest BCUT2D eigenvalue weighted by Crippen LogP contribution is 2.28. The molecule has 3 heteroatoms. The molecule has 0 aromatic rings. The maximum absolute atomic E-state index is 10.0. The van der Waals surface area contributed by atoms with E-state index in [1.54, 1.807) is 0 Å². The molecule has 15 heavy (non-hydrogen) atoms. The smallest absolute Gasteiger partial charge is 0.0922 e. The third-order valence-corrected chi connectivity index (χ3v) is 3.01. The van der Waals surface area contributed by atoms with Crippen LogP contribution in [0.5, 0.6) is 0 Å². The summed E-state index contributed by atoms with van der Waals surface area (Å²) in [6.07, 6.45) is 0. The first-order valence-corrected chi connectivity index (χ1v) is 5.82. The summed E-state index contributed by atoms with van der Waals surface area (Å²) < 4.78 is 5.64. The minimum Gasteiger partial charge on any atom is -0.387 e. The fourth-order valence-electron chi connectivity index (χ4n) is 1.73. The van der Waals surface area contributed by atoms with E-state index in [4.69, 9.17) is 4.74 Å². The van der Waals surface area contributed by atoms with Gasteiger partial charge in [0.25, 0.3) is 0 Å². The van der Waals surface area contributed by atoms with Crippen molar-refractivity contribution in [1.82, 2.24) is 4.90 Å². The molecular weight excluding hydrogens is 190 g/mol. The first kappa shape index (κ1) is 12.9. The molecule has 0 radical (unpaired) electrons. The van der Waals surface area contributed by atoms with Crippen LogP contribution in [0, 0.1) is 5.92 Å². The van der Waals surface area contributed by atoms with Crippen LogP contribution in [0.25, 0.3) is 0 Å². The van der Waals surface area contributed by atoms with Gasteiger partial charge in [0, 0.05) is 19.6 Å². The summed E-state index contributed by atoms with van der Waals surface area (Å²) in [6, 6.07) is 0. The van der Waals surface area contributed by atoms with Crippen molar-refractivity contribution in [1.29, 1.82) is 0 Å². The number of hydrogen-bond acceptors (Lipinski definition) is 3. The Morgan fingerprint density at radius 2 is 1.87 bits per heavy atom.